The van der Waals surface area contributed by atoms with Gasteiger partial charge in [-0.1, -0.05) is 93.6 Å². The van der Waals surface area contributed by atoms with Crippen molar-refractivity contribution in [1.29, 1.82) is 0 Å². The SMILES string of the molecule is C=CCO[C@]1(C=C)[C@@H](CO[Si](c2ccccc2)(c2ccccc2)C(C)(C)C)O[C@@H]2OC(C)(C)O[C@@H]21. The topological polar surface area (TPSA) is 46.2 Å². The Labute approximate surface area is 210 Å². The maximum absolute atomic E-state index is 7.15. The lowest BCUT2D eigenvalue weighted by Crippen LogP contribution is -2.67. The van der Waals surface area contributed by atoms with Gasteiger partial charge < -0.3 is 23.4 Å². The van der Waals surface area contributed by atoms with Gasteiger partial charge in [0.1, 0.15) is 17.8 Å². The van der Waals surface area contributed by atoms with E-state index in [2.05, 4.69) is 82.5 Å². The number of rotatable bonds is 9. The zero-order valence-corrected chi connectivity index (χ0v) is 22.5. The number of hydrogen-bond donors (Lipinski definition) is 0. The van der Waals surface area contributed by atoms with Crippen molar-refractivity contribution in [1.82, 2.24) is 0 Å². The normalized spacial score (nSPS) is 28.0. The molecule has 4 atom stereocenters. The summed E-state index contributed by atoms with van der Waals surface area (Å²) in [5, 5.41) is 2.27. The molecule has 188 valence electrons. The fourth-order valence-corrected chi connectivity index (χ4v) is 9.96. The summed E-state index contributed by atoms with van der Waals surface area (Å²) in [6.45, 7) is 19.1. The molecule has 2 aromatic rings. The van der Waals surface area contributed by atoms with Crippen molar-refractivity contribution in [2.24, 2.45) is 0 Å². The van der Waals surface area contributed by atoms with Crippen LogP contribution in [0.25, 0.3) is 0 Å². The van der Waals surface area contributed by atoms with Crippen LogP contribution in [-0.4, -0.2) is 51.4 Å². The molecule has 0 bridgehead atoms. The van der Waals surface area contributed by atoms with Crippen molar-refractivity contribution < 1.29 is 23.4 Å². The minimum absolute atomic E-state index is 0.155. The second-order valence-corrected chi connectivity index (χ2v) is 15.0. The minimum Gasteiger partial charge on any atom is -0.405 e. The Balaban J connectivity index is 1.74. The van der Waals surface area contributed by atoms with Gasteiger partial charge in [0.05, 0.1) is 13.2 Å². The van der Waals surface area contributed by atoms with E-state index in [4.69, 9.17) is 23.4 Å². The quantitative estimate of drug-likeness (QED) is 0.378. The zero-order chi connectivity index (χ0) is 25.3. The van der Waals surface area contributed by atoms with E-state index in [0.29, 0.717) is 13.2 Å². The Morgan fingerprint density at radius 1 is 0.943 bits per heavy atom. The largest absolute Gasteiger partial charge is 0.405 e. The van der Waals surface area contributed by atoms with Gasteiger partial charge in [0, 0.05) is 0 Å². The van der Waals surface area contributed by atoms with Gasteiger partial charge in [0.25, 0.3) is 8.32 Å². The highest BCUT2D eigenvalue weighted by molar-refractivity contribution is 6.99. The van der Waals surface area contributed by atoms with Gasteiger partial charge >= 0.3 is 0 Å². The van der Waals surface area contributed by atoms with Crippen LogP contribution in [0, 0.1) is 0 Å². The maximum Gasteiger partial charge on any atom is 0.261 e. The molecule has 2 aliphatic heterocycles. The van der Waals surface area contributed by atoms with Crippen molar-refractivity contribution in [3.05, 3.63) is 86.0 Å². The van der Waals surface area contributed by atoms with Crippen LogP contribution < -0.4 is 10.4 Å². The van der Waals surface area contributed by atoms with E-state index < -0.39 is 38.2 Å². The lowest BCUT2D eigenvalue weighted by molar-refractivity contribution is -0.231. The van der Waals surface area contributed by atoms with E-state index in [1.165, 1.54) is 10.4 Å². The van der Waals surface area contributed by atoms with Crippen LogP contribution >= 0.6 is 0 Å². The summed E-state index contributed by atoms with van der Waals surface area (Å²) in [5.74, 6) is -0.773. The third-order valence-electron chi connectivity index (χ3n) is 6.94. The first-order valence-electron chi connectivity index (χ1n) is 12.2. The maximum atomic E-state index is 7.15. The Morgan fingerprint density at radius 3 is 2.00 bits per heavy atom. The fraction of sp³-hybridized carbons (Fsp3) is 0.448. The van der Waals surface area contributed by atoms with Gasteiger partial charge in [-0.25, -0.2) is 0 Å². The van der Waals surface area contributed by atoms with Crippen molar-refractivity contribution >= 4 is 18.7 Å². The Kier molecular flexibility index (Phi) is 7.26. The predicted molar refractivity (Wildman–Crippen MR) is 141 cm³/mol. The third-order valence-corrected chi connectivity index (χ3v) is 11.9. The number of fused-ring (bicyclic) bond motifs is 1. The van der Waals surface area contributed by atoms with E-state index in [1.54, 1.807) is 12.2 Å². The molecule has 2 aromatic carbocycles. The molecular weight excluding hydrogens is 456 g/mol. The van der Waals surface area contributed by atoms with Crippen LogP contribution in [-0.2, 0) is 23.4 Å². The van der Waals surface area contributed by atoms with E-state index in [0.717, 1.165) is 0 Å². The molecular formula is C29H38O5Si. The van der Waals surface area contributed by atoms with Gasteiger partial charge in [-0.15, -0.1) is 13.2 Å². The summed E-state index contributed by atoms with van der Waals surface area (Å²) in [6.07, 6.45) is 2.02. The molecule has 2 fully saturated rings. The van der Waals surface area contributed by atoms with Crippen molar-refractivity contribution in [2.75, 3.05) is 13.2 Å². The van der Waals surface area contributed by atoms with Crippen LogP contribution in [0.5, 0.6) is 0 Å². The number of benzene rings is 2. The summed E-state index contributed by atoms with van der Waals surface area (Å²) in [4.78, 5) is 0. The van der Waals surface area contributed by atoms with E-state index in [1.807, 2.05) is 26.0 Å². The highest BCUT2D eigenvalue weighted by atomic mass is 28.4. The second-order valence-electron chi connectivity index (χ2n) is 10.7. The van der Waals surface area contributed by atoms with Crippen molar-refractivity contribution in [2.45, 2.75) is 69.5 Å². The lowest BCUT2D eigenvalue weighted by atomic mass is 9.92. The summed E-state index contributed by atoms with van der Waals surface area (Å²) < 4.78 is 32.2. The third kappa shape index (κ3) is 4.59. The molecule has 0 spiro atoms. The van der Waals surface area contributed by atoms with Gasteiger partial charge in [0.15, 0.2) is 12.1 Å². The predicted octanol–water partition coefficient (Wildman–Crippen LogP) is 4.57. The van der Waals surface area contributed by atoms with Crippen LogP contribution in [0.4, 0.5) is 0 Å². The van der Waals surface area contributed by atoms with Crippen LogP contribution in [0.2, 0.25) is 5.04 Å². The molecule has 2 saturated heterocycles. The molecule has 0 amide bonds. The van der Waals surface area contributed by atoms with Gasteiger partial charge in [-0.3, -0.25) is 0 Å². The van der Waals surface area contributed by atoms with E-state index in [-0.39, 0.29) is 5.04 Å². The number of hydrogen-bond acceptors (Lipinski definition) is 5. The molecule has 2 heterocycles. The highest BCUT2D eigenvalue weighted by Crippen LogP contribution is 2.46. The Morgan fingerprint density at radius 2 is 1.51 bits per heavy atom. The summed E-state index contributed by atoms with van der Waals surface area (Å²) >= 11 is 0. The monoisotopic (exact) mass is 494 g/mol. The molecule has 0 N–H and O–H groups in total. The molecule has 5 nitrogen and oxygen atoms in total. The standard InChI is InChI=1S/C29H38O5Si/c1-8-20-30-29(9-2)24(32-26-25(29)33-28(6,7)34-26)21-31-35(27(3,4)5,22-16-12-10-13-17-22)23-18-14-11-15-19-23/h8-19,24-26H,1-2,20-21H2,3-7H3/t24-,25+,26-,29-/m1/s1. The average Bonchev–Trinajstić information content (AvgIpc) is 3.28. The molecule has 4 rings (SSSR count). The molecule has 0 aromatic heterocycles. The smallest absolute Gasteiger partial charge is 0.261 e. The second kappa shape index (κ2) is 9.77. The summed E-state index contributed by atoms with van der Waals surface area (Å²) in [5.41, 5.74) is -0.933. The first-order valence-corrected chi connectivity index (χ1v) is 14.1. The van der Waals surface area contributed by atoms with Crippen molar-refractivity contribution in [3.8, 4) is 0 Å². The molecule has 0 radical (unpaired) electrons. The van der Waals surface area contributed by atoms with Gasteiger partial charge in [-0.2, -0.15) is 0 Å². The molecule has 35 heavy (non-hydrogen) atoms. The lowest BCUT2D eigenvalue weighted by Gasteiger charge is -2.44. The molecule has 0 unspecified atom stereocenters. The zero-order valence-electron chi connectivity index (χ0n) is 21.5. The van der Waals surface area contributed by atoms with Gasteiger partial charge in [-0.05, 0) is 29.3 Å². The first-order chi connectivity index (χ1) is 16.6. The number of ether oxygens (including phenoxy) is 4. The van der Waals surface area contributed by atoms with Crippen LogP contribution in [0.3, 0.4) is 0 Å². The minimum atomic E-state index is -2.76. The molecule has 6 heteroatoms. The molecule has 0 aliphatic carbocycles. The van der Waals surface area contributed by atoms with E-state index in [9.17, 15) is 0 Å². The summed E-state index contributed by atoms with van der Waals surface area (Å²) in [6, 6.07) is 21.1. The Bertz CT molecular complexity index is 977. The first kappa shape index (κ1) is 26.0. The molecule has 0 saturated carbocycles. The van der Waals surface area contributed by atoms with Crippen LogP contribution in [0.1, 0.15) is 34.6 Å². The van der Waals surface area contributed by atoms with Gasteiger partial charge in [0.2, 0.25) is 0 Å². The fourth-order valence-electron chi connectivity index (χ4n) is 5.40. The van der Waals surface area contributed by atoms with Crippen LogP contribution in [0.15, 0.2) is 86.0 Å². The van der Waals surface area contributed by atoms with E-state index >= 15 is 0 Å². The summed E-state index contributed by atoms with van der Waals surface area (Å²) in [7, 11) is -2.76. The average molecular weight is 495 g/mol. The Hall–Kier alpha value is -2.06. The molecule has 2 aliphatic rings. The van der Waals surface area contributed by atoms with Crippen molar-refractivity contribution in [3.63, 3.8) is 0 Å². The highest BCUT2D eigenvalue weighted by Gasteiger charge is 2.64.